The van der Waals surface area contributed by atoms with E-state index in [0.717, 1.165) is 19.1 Å². The van der Waals surface area contributed by atoms with E-state index >= 15 is 0 Å². The SMILES string of the molecule is Cc1ccc(S(C)(=O)=O)cc1C(=O)OCC(=O)N1CCCC1. The van der Waals surface area contributed by atoms with Crippen molar-refractivity contribution in [1.82, 2.24) is 4.90 Å². The van der Waals surface area contributed by atoms with Crippen molar-refractivity contribution in [2.75, 3.05) is 26.0 Å². The third-order valence-corrected chi connectivity index (χ3v) is 4.75. The fourth-order valence-electron chi connectivity index (χ4n) is 2.31. The molecule has 1 aromatic carbocycles. The van der Waals surface area contributed by atoms with Crippen LogP contribution in [0.2, 0.25) is 0 Å². The van der Waals surface area contributed by atoms with Gasteiger partial charge in [-0.1, -0.05) is 6.07 Å². The van der Waals surface area contributed by atoms with Crippen LogP contribution in [0.3, 0.4) is 0 Å². The highest BCUT2D eigenvalue weighted by Gasteiger charge is 2.21. The van der Waals surface area contributed by atoms with Crippen LogP contribution < -0.4 is 0 Å². The number of carbonyl (C=O) groups is 2. The first kappa shape index (κ1) is 16.5. The topological polar surface area (TPSA) is 80.7 Å². The summed E-state index contributed by atoms with van der Waals surface area (Å²) >= 11 is 0. The number of amides is 1. The number of esters is 1. The minimum absolute atomic E-state index is 0.0518. The first-order valence-electron chi connectivity index (χ1n) is 7.04. The van der Waals surface area contributed by atoms with Crippen molar-refractivity contribution in [2.45, 2.75) is 24.7 Å². The minimum Gasteiger partial charge on any atom is -0.452 e. The molecule has 1 aliphatic heterocycles. The van der Waals surface area contributed by atoms with Crippen LogP contribution >= 0.6 is 0 Å². The number of aryl methyl sites for hydroxylation is 1. The molecule has 0 N–H and O–H groups in total. The molecule has 1 aliphatic rings. The van der Waals surface area contributed by atoms with Crippen LogP contribution in [0, 0.1) is 6.92 Å². The molecule has 0 atom stereocenters. The summed E-state index contributed by atoms with van der Waals surface area (Å²) in [6, 6.07) is 4.28. The molecule has 22 heavy (non-hydrogen) atoms. The fourth-order valence-corrected chi connectivity index (χ4v) is 2.96. The molecular formula is C15H19NO5S. The van der Waals surface area contributed by atoms with Gasteiger partial charge in [0, 0.05) is 19.3 Å². The summed E-state index contributed by atoms with van der Waals surface area (Å²) in [4.78, 5) is 25.6. The molecule has 120 valence electrons. The van der Waals surface area contributed by atoms with Crippen molar-refractivity contribution in [3.05, 3.63) is 29.3 Å². The summed E-state index contributed by atoms with van der Waals surface area (Å²) in [5, 5.41) is 0. The van der Waals surface area contributed by atoms with Gasteiger partial charge in [-0.05, 0) is 37.5 Å². The molecule has 1 heterocycles. The molecule has 1 fully saturated rings. The van der Waals surface area contributed by atoms with Gasteiger partial charge in [-0.3, -0.25) is 4.79 Å². The molecule has 0 saturated carbocycles. The highest BCUT2D eigenvalue weighted by Crippen LogP contribution is 2.17. The Bertz CT molecular complexity index is 690. The van der Waals surface area contributed by atoms with E-state index < -0.39 is 15.8 Å². The van der Waals surface area contributed by atoms with Gasteiger partial charge in [-0.25, -0.2) is 13.2 Å². The Morgan fingerprint density at radius 3 is 2.45 bits per heavy atom. The van der Waals surface area contributed by atoms with Gasteiger partial charge in [0.25, 0.3) is 5.91 Å². The number of hydrogen-bond donors (Lipinski definition) is 0. The van der Waals surface area contributed by atoms with E-state index in [2.05, 4.69) is 0 Å². The molecule has 0 spiro atoms. The number of likely N-dealkylation sites (tertiary alicyclic amines) is 1. The second-order valence-corrected chi connectivity index (χ2v) is 7.43. The van der Waals surface area contributed by atoms with Crippen LogP contribution in [0.5, 0.6) is 0 Å². The Kier molecular flexibility index (Phi) is 4.85. The zero-order valence-corrected chi connectivity index (χ0v) is 13.5. The lowest BCUT2D eigenvalue weighted by molar-refractivity contribution is -0.133. The zero-order chi connectivity index (χ0) is 16.3. The third-order valence-electron chi connectivity index (χ3n) is 3.64. The van der Waals surface area contributed by atoms with Crippen LogP contribution in [0.25, 0.3) is 0 Å². The van der Waals surface area contributed by atoms with E-state index in [-0.39, 0.29) is 23.0 Å². The molecule has 0 aromatic heterocycles. The van der Waals surface area contributed by atoms with Gasteiger partial charge in [-0.15, -0.1) is 0 Å². The minimum atomic E-state index is -3.40. The molecule has 1 amide bonds. The Morgan fingerprint density at radius 1 is 1.23 bits per heavy atom. The number of hydrogen-bond acceptors (Lipinski definition) is 5. The average molecular weight is 325 g/mol. The molecule has 2 rings (SSSR count). The van der Waals surface area contributed by atoms with Crippen LogP contribution in [0.4, 0.5) is 0 Å². The molecule has 6 nitrogen and oxygen atoms in total. The number of ether oxygens (including phenoxy) is 1. The van der Waals surface area contributed by atoms with Crippen molar-refractivity contribution in [3.8, 4) is 0 Å². The molecule has 0 bridgehead atoms. The maximum Gasteiger partial charge on any atom is 0.338 e. The van der Waals surface area contributed by atoms with Gasteiger partial charge in [-0.2, -0.15) is 0 Å². The van der Waals surface area contributed by atoms with E-state index in [1.165, 1.54) is 12.1 Å². The van der Waals surface area contributed by atoms with Crippen molar-refractivity contribution >= 4 is 21.7 Å². The zero-order valence-electron chi connectivity index (χ0n) is 12.7. The normalized spacial score (nSPS) is 14.9. The van der Waals surface area contributed by atoms with Crippen LogP contribution in [-0.4, -0.2) is 51.1 Å². The lowest BCUT2D eigenvalue weighted by atomic mass is 10.1. The smallest absolute Gasteiger partial charge is 0.338 e. The quantitative estimate of drug-likeness (QED) is 0.777. The van der Waals surface area contributed by atoms with Crippen LogP contribution in [0.1, 0.15) is 28.8 Å². The van der Waals surface area contributed by atoms with E-state index in [0.29, 0.717) is 18.7 Å². The summed E-state index contributed by atoms with van der Waals surface area (Å²) in [5.74, 6) is -0.904. The van der Waals surface area contributed by atoms with Gasteiger partial charge in [0.2, 0.25) is 0 Å². The summed E-state index contributed by atoms with van der Waals surface area (Å²) in [6.07, 6.45) is 3.01. The van der Waals surface area contributed by atoms with Gasteiger partial charge in [0.1, 0.15) is 0 Å². The molecule has 1 saturated heterocycles. The van der Waals surface area contributed by atoms with Gasteiger partial charge in [0.05, 0.1) is 10.5 Å². The van der Waals surface area contributed by atoms with E-state index in [9.17, 15) is 18.0 Å². The second-order valence-electron chi connectivity index (χ2n) is 5.41. The Hall–Kier alpha value is -1.89. The Balaban J connectivity index is 2.07. The summed E-state index contributed by atoms with van der Waals surface area (Å²) in [7, 11) is -3.40. The predicted octanol–water partition coefficient (Wildman–Crippen LogP) is 1.18. The summed E-state index contributed by atoms with van der Waals surface area (Å²) in [5.41, 5.74) is 0.767. The largest absolute Gasteiger partial charge is 0.452 e. The van der Waals surface area contributed by atoms with Crippen LogP contribution in [-0.2, 0) is 19.4 Å². The van der Waals surface area contributed by atoms with E-state index in [1.807, 2.05) is 0 Å². The van der Waals surface area contributed by atoms with Gasteiger partial charge in [0.15, 0.2) is 16.4 Å². The van der Waals surface area contributed by atoms with E-state index in [1.54, 1.807) is 17.9 Å². The summed E-state index contributed by atoms with van der Waals surface area (Å²) < 4.78 is 28.1. The maximum absolute atomic E-state index is 12.1. The first-order valence-corrected chi connectivity index (χ1v) is 8.94. The monoisotopic (exact) mass is 325 g/mol. The van der Waals surface area contributed by atoms with Gasteiger partial charge >= 0.3 is 5.97 Å². The highest BCUT2D eigenvalue weighted by atomic mass is 32.2. The lowest BCUT2D eigenvalue weighted by Crippen LogP contribution is -2.32. The molecule has 0 radical (unpaired) electrons. The van der Waals surface area contributed by atoms with Crippen LogP contribution in [0.15, 0.2) is 23.1 Å². The third kappa shape index (κ3) is 3.85. The lowest BCUT2D eigenvalue weighted by Gasteiger charge is -2.15. The van der Waals surface area contributed by atoms with Crippen molar-refractivity contribution < 1.29 is 22.7 Å². The molecule has 0 aliphatic carbocycles. The molecule has 0 unspecified atom stereocenters. The standard InChI is InChI=1S/C15H19NO5S/c1-11-5-6-12(22(2,19)20)9-13(11)15(18)21-10-14(17)16-7-3-4-8-16/h5-6,9H,3-4,7-8,10H2,1-2H3. The molecular weight excluding hydrogens is 306 g/mol. The van der Waals surface area contributed by atoms with Crippen molar-refractivity contribution in [2.24, 2.45) is 0 Å². The highest BCUT2D eigenvalue weighted by molar-refractivity contribution is 7.90. The molecule has 1 aromatic rings. The fraction of sp³-hybridized carbons (Fsp3) is 0.467. The average Bonchev–Trinajstić information content (AvgIpc) is 2.97. The van der Waals surface area contributed by atoms with Crippen molar-refractivity contribution in [3.63, 3.8) is 0 Å². The second kappa shape index (κ2) is 6.48. The maximum atomic E-state index is 12.1. The number of benzene rings is 1. The number of nitrogens with zero attached hydrogens (tertiary/aromatic N) is 1. The number of carbonyl (C=O) groups excluding carboxylic acids is 2. The summed E-state index contributed by atoms with van der Waals surface area (Å²) in [6.45, 7) is 2.75. The number of sulfone groups is 1. The first-order chi connectivity index (χ1) is 10.3. The predicted molar refractivity (Wildman–Crippen MR) is 80.4 cm³/mol. The van der Waals surface area contributed by atoms with Crippen molar-refractivity contribution in [1.29, 1.82) is 0 Å². The Morgan fingerprint density at radius 2 is 1.86 bits per heavy atom. The Labute approximate surface area is 130 Å². The van der Waals surface area contributed by atoms with E-state index in [4.69, 9.17) is 4.74 Å². The van der Waals surface area contributed by atoms with Gasteiger partial charge < -0.3 is 9.64 Å². The number of rotatable bonds is 4. The molecule has 7 heteroatoms.